The Hall–Kier alpha value is -1.17. The Morgan fingerprint density at radius 3 is 2.59 bits per heavy atom. The van der Waals surface area contributed by atoms with Crippen molar-refractivity contribution in [1.29, 1.82) is 0 Å². The minimum Gasteiger partial charge on any atom is -0.478 e. The van der Waals surface area contributed by atoms with E-state index in [1.807, 2.05) is 13.8 Å². The molecular weight excluding hydrogens is 296 g/mol. The smallest absolute Gasteiger partial charge is 0.336 e. The Labute approximate surface area is 137 Å². The van der Waals surface area contributed by atoms with E-state index in [9.17, 15) is 9.90 Å². The third kappa shape index (κ3) is 4.18. The molecule has 0 aliphatic carbocycles. The van der Waals surface area contributed by atoms with Crippen LogP contribution in [0, 0.1) is 6.92 Å². The lowest BCUT2D eigenvalue weighted by Gasteiger charge is -2.32. The van der Waals surface area contributed by atoms with Crippen LogP contribution in [-0.4, -0.2) is 60.6 Å². The minimum atomic E-state index is -0.826. The van der Waals surface area contributed by atoms with Crippen LogP contribution in [0.25, 0.3) is 5.57 Å². The van der Waals surface area contributed by atoms with Gasteiger partial charge in [-0.2, -0.15) is 0 Å². The molecule has 2 heterocycles. The molecule has 0 saturated carbocycles. The van der Waals surface area contributed by atoms with Crippen LogP contribution in [0.4, 0.5) is 0 Å². The first kappa shape index (κ1) is 17.2. The fourth-order valence-corrected chi connectivity index (χ4v) is 4.07. The summed E-state index contributed by atoms with van der Waals surface area (Å²) in [7, 11) is 2.18. The summed E-state index contributed by atoms with van der Waals surface area (Å²) in [4.78, 5) is 17.2. The van der Waals surface area contributed by atoms with Gasteiger partial charge in [0.05, 0.1) is 5.56 Å². The zero-order valence-corrected chi connectivity index (χ0v) is 14.6. The van der Waals surface area contributed by atoms with Gasteiger partial charge < -0.3 is 14.9 Å². The van der Waals surface area contributed by atoms with Gasteiger partial charge in [0.15, 0.2) is 0 Å². The minimum absolute atomic E-state index is 0.443. The zero-order valence-electron chi connectivity index (χ0n) is 13.8. The van der Waals surface area contributed by atoms with E-state index in [1.54, 1.807) is 16.7 Å². The first-order chi connectivity index (χ1) is 10.5. The van der Waals surface area contributed by atoms with Gasteiger partial charge in [0.25, 0.3) is 0 Å². The summed E-state index contributed by atoms with van der Waals surface area (Å²) in [5.74, 6) is -0.826. The third-order valence-electron chi connectivity index (χ3n) is 4.43. The van der Waals surface area contributed by atoms with Crippen molar-refractivity contribution in [2.24, 2.45) is 0 Å². The van der Waals surface area contributed by atoms with Crippen LogP contribution < -0.4 is 0 Å². The molecule has 0 aromatic carbocycles. The molecule has 0 amide bonds. The van der Waals surface area contributed by atoms with Crippen molar-refractivity contribution >= 4 is 22.9 Å². The van der Waals surface area contributed by atoms with Crippen molar-refractivity contribution in [3.05, 3.63) is 27.5 Å². The van der Waals surface area contributed by atoms with E-state index >= 15 is 0 Å². The highest BCUT2D eigenvalue weighted by molar-refractivity contribution is 7.11. The molecule has 5 heteroatoms. The van der Waals surface area contributed by atoms with Crippen molar-refractivity contribution in [2.45, 2.75) is 26.7 Å². The Morgan fingerprint density at radius 1 is 1.36 bits per heavy atom. The summed E-state index contributed by atoms with van der Waals surface area (Å²) in [5.41, 5.74) is 2.63. The number of carboxylic acid groups (broad SMARTS) is 1. The van der Waals surface area contributed by atoms with E-state index in [1.165, 1.54) is 5.57 Å². The average molecular weight is 322 g/mol. The average Bonchev–Trinajstić information content (AvgIpc) is 2.87. The zero-order chi connectivity index (χ0) is 16.1. The van der Waals surface area contributed by atoms with Crippen molar-refractivity contribution in [3.63, 3.8) is 0 Å². The fraction of sp³-hybridized carbons (Fsp3) is 0.588. The molecule has 0 atom stereocenters. The van der Waals surface area contributed by atoms with E-state index in [0.29, 0.717) is 5.56 Å². The Kier molecular flexibility index (Phi) is 6.17. The van der Waals surface area contributed by atoms with Crippen molar-refractivity contribution in [3.8, 4) is 0 Å². The summed E-state index contributed by atoms with van der Waals surface area (Å²) >= 11 is 1.55. The second-order valence-corrected chi connectivity index (χ2v) is 6.85. The van der Waals surface area contributed by atoms with E-state index < -0.39 is 5.97 Å². The fourth-order valence-electron chi connectivity index (χ4n) is 2.90. The summed E-state index contributed by atoms with van der Waals surface area (Å²) in [6, 6.07) is 0. The van der Waals surface area contributed by atoms with Gasteiger partial charge in [-0.15, -0.1) is 11.3 Å². The molecule has 1 aromatic rings. The molecule has 1 N–H and O–H groups in total. The highest BCUT2D eigenvalue weighted by atomic mass is 32.1. The number of piperazine rings is 1. The van der Waals surface area contributed by atoms with Gasteiger partial charge in [0.1, 0.15) is 0 Å². The van der Waals surface area contributed by atoms with Crippen molar-refractivity contribution in [1.82, 2.24) is 9.80 Å². The number of hydrogen-bond acceptors (Lipinski definition) is 4. The molecule has 1 aliphatic heterocycles. The number of nitrogens with zero attached hydrogens (tertiary/aromatic N) is 2. The van der Waals surface area contributed by atoms with Crippen LogP contribution in [-0.2, 0) is 0 Å². The molecule has 1 aromatic heterocycles. The predicted molar refractivity (Wildman–Crippen MR) is 92.8 cm³/mol. The van der Waals surface area contributed by atoms with Gasteiger partial charge in [0.2, 0.25) is 0 Å². The third-order valence-corrected chi connectivity index (χ3v) is 5.58. The molecule has 1 fully saturated rings. The van der Waals surface area contributed by atoms with E-state index in [0.717, 1.165) is 56.0 Å². The van der Waals surface area contributed by atoms with Gasteiger partial charge >= 0.3 is 5.97 Å². The monoisotopic (exact) mass is 322 g/mol. The van der Waals surface area contributed by atoms with Crippen LogP contribution in [0.3, 0.4) is 0 Å². The molecule has 0 spiro atoms. The van der Waals surface area contributed by atoms with Gasteiger partial charge in [0, 0.05) is 36.4 Å². The maximum atomic E-state index is 11.2. The quantitative estimate of drug-likeness (QED) is 0.873. The molecule has 122 valence electrons. The molecule has 1 saturated heterocycles. The Balaban J connectivity index is 1.89. The van der Waals surface area contributed by atoms with Gasteiger partial charge in [-0.1, -0.05) is 6.08 Å². The second-order valence-electron chi connectivity index (χ2n) is 5.97. The maximum absolute atomic E-state index is 11.2. The highest BCUT2D eigenvalue weighted by Gasteiger charge is 2.17. The number of thiophene rings is 1. The molecule has 0 bridgehead atoms. The molecule has 1 aliphatic rings. The first-order valence-electron chi connectivity index (χ1n) is 7.90. The standard InChI is InChI=1S/C17H26N2O2S/c1-4-14(16-13(2)15(12-22-16)17(20)21)6-5-7-19-10-8-18(3)9-11-19/h4,12H,5-11H2,1-3H3,(H,20,21). The van der Waals surface area contributed by atoms with Gasteiger partial charge in [-0.05, 0) is 51.4 Å². The van der Waals surface area contributed by atoms with Crippen molar-refractivity contribution in [2.75, 3.05) is 39.8 Å². The van der Waals surface area contributed by atoms with E-state index in [2.05, 4.69) is 22.9 Å². The van der Waals surface area contributed by atoms with Crippen LogP contribution in [0.2, 0.25) is 0 Å². The molecule has 0 radical (unpaired) electrons. The topological polar surface area (TPSA) is 43.8 Å². The van der Waals surface area contributed by atoms with Crippen LogP contribution in [0.1, 0.15) is 40.6 Å². The van der Waals surface area contributed by atoms with Gasteiger partial charge in [-0.3, -0.25) is 0 Å². The highest BCUT2D eigenvalue weighted by Crippen LogP contribution is 2.31. The number of likely N-dealkylation sites (N-methyl/N-ethyl adjacent to an activating group) is 1. The predicted octanol–water partition coefficient (Wildman–Crippen LogP) is 3.19. The van der Waals surface area contributed by atoms with E-state index in [4.69, 9.17) is 0 Å². The lowest BCUT2D eigenvalue weighted by atomic mass is 10.0. The molecule has 22 heavy (non-hydrogen) atoms. The largest absolute Gasteiger partial charge is 0.478 e. The summed E-state index contributed by atoms with van der Waals surface area (Å²) in [5, 5.41) is 10.9. The SMILES string of the molecule is CC=C(CCCN1CCN(C)CC1)c1scc(C(=O)O)c1C. The van der Waals surface area contributed by atoms with Crippen LogP contribution in [0.5, 0.6) is 0 Å². The maximum Gasteiger partial charge on any atom is 0.336 e. The molecule has 4 nitrogen and oxygen atoms in total. The summed E-state index contributed by atoms with van der Waals surface area (Å²) < 4.78 is 0. The second kappa shape index (κ2) is 7.90. The number of carboxylic acids is 1. The first-order valence-corrected chi connectivity index (χ1v) is 8.78. The number of hydrogen-bond donors (Lipinski definition) is 1. The normalized spacial score (nSPS) is 17.9. The van der Waals surface area contributed by atoms with Crippen LogP contribution >= 0.6 is 11.3 Å². The molecular formula is C17H26N2O2S. The number of rotatable bonds is 6. The van der Waals surface area contributed by atoms with Crippen molar-refractivity contribution < 1.29 is 9.90 Å². The van der Waals surface area contributed by atoms with E-state index in [-0.39, 0.29) is 0 Å². The summed E-state index contributed by atoms with van der Waals surface area (Å²) in [6.45, 7) is 9.71. The lowest BCUT2D eigenvalue weighted by Crippen LogP contribution is -2.44. The number of aromatic carboxylic acids is 1. The summed E-state index contributed by atoms with van der Waals surface area (Å²) in [6.07, 6.45) is 4.28. The van der Waals surface area contributed by atoms with Crippen LogP contribution in [0.15, 0.2) is 11.5 Å². The Bertz CT molecular complexity index is 543. The lowest BCUT2D eigenvalue weighted by molar-refractivity contribution is 0.0696. The number of allylic oxidation sites excluding steroid dienone is 2. The van der Waals surface area contributed by atoms with Gasteiger partial charge in [-0.25, -0.2) is 4.79 Å². The molecule has 0 unspecified atom stereocenters. The number of carbonyl (C=O) groups is 1. The Morgan fingerprint density at radius 2 is 2.05 bits per heavy atom. The molecule has 2 rings (SSSR count).